The molecule has 0 radical (unpaired) electrons. The first-order valence-corrected chi connectivity index (χ1v) is 11.6. The Morgan fingerprint density at radius 3 is 2.46 bits per heavy atom. The SMILES string of the molecule is CC(C)(C)OC(=O)NC(C)(C)C(=O)NC(CCC(F)(CF)c1ccccc1)C1N=CNN1CCO. The number of nitrogens with zero attached hydrogens (tertiary/aromatic N) is 2. The van der Waals surface area contributed by atoms with Gasteiger partial charge in [0.15, 0.2) is 5.67 Å². The van der Waals surface area contributed by atoms with E-state index >= 15 is 4.39 Å². The molecule has 2 rings (SSSR count). The number of rotatable bonds is 11. The average Bonchev–Trinajstić information content (AvgIpc) is 3.23. The van der Waals surface area contributed by atoms with Gasteiger partial charge in [-0.3, -0.25) is 9.79 Å². The van der Waals surface area contributed by atoms with Crippen molar-refractivity contribution < 1.29 is 28.2 Å². The lowest BCUT2D eigenvalue weighted by Crippen LogP contribution is -2.60. The summed E-state index contributed by atoms with van der Waals surface area (Å²) in [5, 5.41) is 16.3. The third kappa shape index (κ3) is 8.14. The van der Waals surface area contributed by atoms with Crippen LogP contribution in [0.5, 0.6) is 0 Å². The van der Waals surface area contributed by atoms with E-state index in [1.54, 1.807) is 44.0 Å². The molecule has 1 aliphatic rings. The van der Waals surface area contributed by atoms with Crippen molar-refractivity contribution >= 4 is 18.3 Å². The maximum absolute atomic E-state index is 15.6. The van der Waals surface area contributed by atoms with Crippen LogP contribution in [-0.2, 0) is 15.2 Å². The van der Waals surface area contributed by atoms with Crippen LogP contribution < -0.4 is 16.1 Å². The molecule has 1 aromatic carbocycles. The quantitative estimate of drug-likeness (QED) is 0.374. The summed E-state index contributed by atoms with van der Waals surface area (Å²) in [5.74, 6) is -0.552. The summed E-state index contributed by atoms with van der Waals surface area (Å²) < 4.78 is 34.7. The highest BCUT2D eigenvalue weighted by Gasteiger charge is 2.39. The van der Waals surface area contributed by atoms with Crippen LogP contribution in [0, 0.1) is 0 Å². The zero-order chi connectivity index (χ0) is 26.3. The number of aliphatic hydroxyl groups is 1. The summed E-state index contributed by atoms with van der Waals surface area (Å²) in [6.45, 7) is 6.92. The Balaban J connectivity index is 2.20. The molecule has 35 heavy (non-hydrogen) atoms. The summed E-state index contributed by atoms with van der Waals surface area (Å²) in [5.41, 5.74) is -1.28. The maximum atomic E-state index is 15.6. The molecule has 0 spiro atoms. The fraction of sp³-hybridized carbons (Fsp3) is 0.625. The molecule has 0 fully saturated rings. The van der Waals surface area contributed by atoms with Crippen LogP contribution in [0.2, 0.25) is 0 Å². The van der Waals surface area contributed by atoms with Gasteiger partial charge in [-0.05, 0) is 53.0 Å². The number of aliphatic imine (C=N–C) groups is 1. The highest BCUT2D eigenvalue weighted by Crippen LogP contribution is 2.33. The molecule has 1 aromatic rings. The molecule has 4 N–H and O–H groups in total. The molecule has 11 heteroatoms. The number of ether oxygens (including phenoxy) is 1. The summed E-state index contributed by atoms with van der Waals surface area (Å²) in [7, 11) is 0. The molecule has 1 heterocycles. The van der Waals surface area contributed by atoms with Gasteiger partial charge in [0.2, 0.25) is 5.91 Å². The van der Waals surface area contributed by atoms with Crippen LogP contribution in [0.3, 0.4) is 0 Å². The number of amides is 2. The maximum Gasteiger partial charge on any atom is 0.408 e. The number of hydrazine groups is 1. The molecule has 196 valence electrons. The van der Waals surface area contributed by atoms with Crippen molar-refractivity contribution in [2.24, 2.45) is 4.99 Å². The van der Waals surface area contributed by atoms with Crippen molar-refractivity contribution in [1.82, 2.24) is 21.1 Å². The molecule has 0 bridgehead atoms. The normalized spacial score (nSPS) is 18.9. The molecule has 3 unspecified atom stereocenters. The average molecular weight is 498 g/mol. The van der Waals surface area contributed by atoms with Gasteiger partial charge in [-0.15, -0.1) is 0 Å². The van der Waals surface area contributed by atoms with Gasteiger partial charge in [-0.2, -0.15) is 5.01 Å². The number of hydrogen-bond donors (Lipinski definition) is 4. The number of hydrogen-bond acceptors (Lipinski definition) is 7. The third-order valence-electron chi connectivity index (χ3n) is 5.52. The molecule has 3 atom stereocenters. The van der Waals surface area contributed by atoms with Crippen LogP contribution >= 0.6 is 0 Å². The molecular weight excluding hydrogens is 460 g/mol. The molecule has 2 amide bonds. The molecule has 1 aliphatic heterocycles. The van der Waals surface area contributed by atoms with Gasteiger partial charge in [0.05, 0.1) is 19.0 Å². The van der Waals surface area contributed by atoms with E-state index in [9.17, 15) is 19.1 Å². The first-order chi connectivity index (χ1) is 16.3. The fourth-order valence-electron chi connectivity index (χ4n) is 3.64. The lowest BCUT2D eigenvalue weighted by Gasteiger charge is -2.34. The molecular formula is C24H37F2N5O4. The van der Waals surface area contributed by atoms with Gasteiger partial charge in [-0.25, -0.2) is 13.6 Å². The van der Waals surface area contributed by atoms with Crippen molar-refractivity contribution in [3.05, 3.63) is 35.9 Å². The summed E-state index contributed by atoms with van der Waals surface area (Å²) in [6, 6.07) is 7.28. The first-order valence-electron chi connectivity index (χ1n) is 11.6. The van der Waals surface area contributed by atoms with E-state index in [1.807, 2.05) is 0 Å². The molecule has 0 saturated heterocycles. The van der Waals surface area contributed by atoms with Gasteiger partial charge in [0.25, 0.3) is 0 Å². The van der Waals surface area contributed by atoms with Crippen molar-refractivity contribution in [2.75, 3.05) is 19.8 Å². The van der Waals surface area contributed by atoms with Gasteiger partial charge in [0, 0.05) is 6.54 Å². The molecule has 0 aromatic heterocycles. The Hall–Kier alpha value is -2.79. The van der Waals surface area contributed by atoms with Crippen molar-refractivity contribution in [3.8, 4) is 0 Å². The number of alkyl carbamates (subject to hydrolysis) is 1. The number of nitrogens with one attached hydrogen (secondary N) is 3. The number of benzene rings is 1. The van der Waals surface area contributed by atoms with Gasteiger partial charge < -0.3 is 25.9 Å². The van der Waals surface area contributed by atoms with Crippen LogP contribution in [0.1, 0.15) is 53.0 Å². The van der Waals surface area contributed by atoms with Crippen LogP contribution in [0.4, 0.5) is 13.6 Å². The summed E-state index contributed by atoms with van der Waals surface area (Å²) in [6.07, 6.45) is -0.213. The minimum Gasteiger partial charge on any atom is -0.444 e. The number of carbonyl (C=O) groups excluding carboxylic acids is 2. The zero-order valence-electron chi connectivity index (χ0n) is 21.0. The minimum atomic E-state index is -2.24. The van der Waals surface area contributed by atoms with Crippen molar-refractivity contribution in [2.45, 2.75) is 76.5 Å². The molecule has 9 nitrogen and oxygen atoms in total. The lowest BCUT2D eigenvalue weighted by molar-refractivity contribution is -0.127. The van der Waals surface area contributed by atoms with Gasteiger partial charge >= 0.3 is 6.09 Å². The third-order valence-corrected chi connectivity index (χ3v) is 5.52. The highest BCUT2D eigenvalue weighted by atomic mass is 19.2. The number of aliphatic hydroxyl groups excluding tert-OH is 1. The van der Waals surface area contributed by atoms with Gasteiger partial charge in [-0.1, -0.05) is 30.3 Å². The van der Waals surface area contributed by atoms with E-state index in [-0.39, 0.29) is 31.6 Å². The largest absolute Gasteiger partial charge is 0.444 e. The second-order valence-corrected chi connectivity index (χ2v) is 10.1. The summed E-state index contributed by atoms with van der Waals surface area (Å²) in [4.78, 5) is 29.7. The Kier molecular flexibility index (Phi) is 9.56. The van der Waals surface area contributed by atoms with Crippen molar-refractivity contribution in [1.29, 1.82) is 0 Å². The molecule has 0 saturated carbocycles. The Labute approximate surface area is 205 Å². The smallest absolute Gasteiger partial charge is 0.408 e. The Morgan fingerprint density at radius 1 is 1.23 bits per heavy atom. The Bertz CT molecular complexity index is 878. The minimum absolute atomic E-state index is 0.0369. The van der Waals surface area contributed by atoms with E-state index in [0.717, 1.165) is 0 Å². The number of halogens is 2. The second kappa shape index (κ2) is 11.8. The van der Waals surface area contributed by atoms with Crippen LogP contribution in [0.25, 0.3) is 0 Å². The molecule has 0 aliphatic carbocycles. The van der Waals surface area contributed by atoms with E-state index < -0.39 is 47.7 Å². The topological polar surface area (TPSA) is 115 Å². The summed E-state index contributed by atoms with van der Waals surface area (Å²) >= 11 is 0. The highest BCUT2D eigenvalue weighted by molar-refractivity contribution is 5.89. The predicted molar refractivity (Wildman–Crippen MR) is 129 cm³/mol. The van der Waals surface area contributed by atoms with Crippen LogP contribution in [-0.4, -0.2) is 71.6 Å². The fourth-order valence-corrected chi connectivity index (χ4v) is 3.64. The van der Waals surface area contributed by atoms with Crippen LogP contribution in [0.15, 0.2) is 35.3 Å². The second-order valence-electron chi connectivity index (χ2n) is 10.1. The standard InChI is InChI=1S/C24H37F2N5O4/c1-22(2,3)35-21(34)30-23(4,5)20(33)29-18(19-27-16-28-31(19)13-14-32)11-12-24(26,15-25)17-9-7-6-8-10-17/h6-10,16,18-19,32H,11-15H2,1-5H3,(H,27,28)(H,29,33)(H,30,34). The first kappa shape index (κ1) is 28.4. The Morgan fingerprint density at radius 2 is 1.89 bits per heavy atom. The van der Waals surface area contributed by atoms with Crippen molar-refractivity contribution in [3.63, 3.8) is 0 Å². The predicted octanol–water partition coefficient (Wildman–Crippen LogP) is 2.56. The zero-order valence-corrected chi connectivity index (χ0v) is 21.0. The van der Waals surface area contributed by atoms with E-state index in [0.29, 0.717) is 0 Å². The number of alkyl halides is 2. The monoisotopic (exact) mass is 497 g/mol. The number of carbonyl (C=O) groups is 2. The lowest BCUT2D eigenvalue weighted by atomic mass is 9.89. The number of β-amino-alcohol motifs (C(OH)–C–C–N with tert-alkyl or cyclic N) is 1. The van der Waals surface area contributed by atoms with E-state index in [4.69, 9.17) is 4.74 Å². The van der Waals surface area contributed by atoms with E-state index in [2.05, 4.69) is 21.1 Å². The van der Waals surface area contributed by atoms with E-state index in [1.165, 1.54) is 32.3 Å². The van der Waals surface area contributed by atoms with Gasteiger partial charge in [0.1, 0.15) is 24.0 Å².